The van der Waals surface area contributed by atoms with Gasteiger partial charge in [-0.05, 0) is 32.0 Å². The van der Waals surface area contributed by atoms with E-state index < -0.39 is 11.4 Å². The minimum absolute atomic E-state index is 0.0875. The number of para-hydroxylation sites is 1. The van der Waals surface area contributed by atoms with Gasteiger partial charge < -0.3 is 5.11 Å². The van der Waals surface area contributed by atoms with Crippen LogP contribution in [0.2, 0.25) is 0 Å². The highest BCUT2D eigenvalue weighted by Gasteiger charge is 2.45. The highest BCUT2D eigenvalue weighted by atomic mass is 16.4. The number of anilines is 2. The van der Waals surface area contributed by atoms with E-state index >= 15 is 0 Å². The van der Waals surface area contributed by atoms with Crippen molar-refractivity contribution in [3.05, 3.63) is 53.7 Å². The zero-order valence-electron chi connectivity index (χ0n) is 11.7. The van der Waals surface area contributed by atoms with Crippen LogP contribution in [-0.2, 0) is 10.2 Å². The molecule has 3 rings (SSSR count). The van der Waals surface area contributed by atoms with E-state index in [-0.39, 0.29) is 11.5 Å². The van der Waals surface area contributed by atoms with E-state index in [4.69, 9.17) is 5.11 Å². The van der Waals surface area contributed by atoms with E-state index in [0.29, 0.717) is 11.4 Å². The van der Waals surface area contributed by atoms with Crippen molar-refractivity contribution < 1.29 is 14.7 Å². The number of hydrogen-bond donors (Lipinski definition) is 1. The molecule has 0 bridgehead atoms. The average Bonchev–Trinajstić information content (AvgIpc) is 2.67. The topological polar surface area (TPSA) is 70.5 Å². The maximum atomic E-state index is 12.7. The fraction of sp³-hybridized carbons (Fsp3) is 0.188. The molecule has 21 heavy (non-hydrogen) atoms. The summed E-state index contributed by atoms with van der Waals surface area (Å²) in [5.74, 6) is -0.661. The molecule has 0 spiro atoms. The molecule has 0 atom stereocenters. The van der Waals surface area contributed by atoms with Crippen molar-refractivity contribution in [3.8, 4) is 0 Å². The van der Waals surface area contributed by atoms with Crippen LogP contribution < -0.4 is 4.90 Å². The number of hydrogen-bond acceptors (Lipinski definition) is 3. The van der Waals surface area contributed by atoms with Gasteiger partial charge in [0.2, 0.25) is 5.91 Å². The number of amides is 1. The summed E-state index contributed by atoms with van der Waals surface area (Å²) in [7, 11) is 0. The molecule has 1 aromatic carbocycles. The van der Waals surface area contributed by atoms with Crippen molar-refractivity contribution in [2.75, 3.05) is 4.90 Å². The smallest absolute Gasteiger partial charge is 0.337 e. The SMILES string of the molecule is CC1(C)C(=O)N(c2ccccc2)c2ncc(C(=O)O)cc21. The van der Waals surface area contributed by atoms with Crippen LogP contribution in [0.15, 0.2) is 42.6 Å². The zero-order valence-corrected chi connectivity index (χ0v) is 11.7. The first-order valence-electron chi connectivity index (χ1n) is 6.56. The Kier molecular flexibility index (Phi) is 2.79. The van der Waals surface area contributed by atoms with E-state index in [9.17, 15) is 9.59 Å². The lowest BCUT2D eigenvalue weighted by Crippen LogP contribution is -2.33. The highest BCUT2D eigenvalue weighted by Crippen LogP contribution is 2.44. The molecule has 0 fully saturated rings. The summed E-state index contributed by atoms with van der Waals surface area (Å²) in [6, 6.07) is 10.8. The molecule has 1 aromatic heterocycles. The van der Waals surface area contributed by atoms with Gasteiger partial charge in [-0.2, -0.15) is 0 Å². The van der Waals surface area contributed by atoms with Crippen LogP contribution in [0.5, 0.6) is 0 Å². The number of carboxylic acids is 1. The van der Waals surface area contributed by atoms with Crippen LogP contribution in [0.4, 0.5) is 11.5 Å². The summed E-state index contributed by atoms with van der Waals surface area (Å²) < 4.78 is 0. The molecule has 0 saturated heterocycles. The second kappa shape index (κ2) is 4.41. The largest absolute Gasteiger partial charge is 0.478 e. The van der Waals surface area contributed by atoms with Crippen molar-refractivity contribution in [2.45, 2.75) is 19.3 Å². The van der Waals surface area contributed by atoms with Crippen molar-refractivity contribution in [1.29, 1.82) is 0 Å². The number of pyridine rings is 1. The lowest BCUT2D eigenvalue weighted by atomic mass is 9.86. The van der Waals surface area contributed by atoms with Crippen molar-refractivity contribution in [2.24, 2.45) is 0 Å². The van der Waals surface area contributed by atoms with Crippen molar-refractivity contribution >= 4 is 23.4 Å². The molecule has 5 nitrogen and oxygen atoms in total. The van der Waals surface area contributed by atoms with Gasteiger partial charge >= 0.3 is 5.97 Å². The molecule has 1 aliphatic rings. The third kappa shape index (κ3) is 1.89. The minimum atomic E-state index is -1.05. The number of nitrogens with zero attached hydrogens (tertiary/aromatic N) is 2. The molecule has 1 aliphatic heterocycles. The first kappa shape index (κ1) is 13.3. The molecule has 0 unspecified atom stereocenters. The highest BCUT2D eigenvalue weighted by molar-refractivity contribution is 6.12. The lowest BCUT2D eigenvalue weighted by Gasteiger charge is -2.19. The van der Waals surface area contributed by atoms with Gasteiger partial charge in [0.1, 0.15) is 5.82 Å². The quantitative estimate of drug-likeness (QED) is 0.919. The summed E-state index contributed by atoms with van der Waals surface area (Å²) in [5.41, 5.74) is 0.648. The van der Waals surface area contributed by atoms with Gasteiger partial charge in [-0.3, -0.25) is 9.69 Å². The number of carbonyl (C=O) groups is 2. The van der Waals surface area contributed by atoms with Crippen LogP contribution in [0, 0.1) is 0 Å². The van der Waals surface area contributed by atoms with Gasteiger partial charge in [0.15, 0.2) is 0 Å². The van der Waals surface area contributed by atoms with Gasteiger partial charge in [-0.1, -0.05) is 18.2 Å². The minimum Gasteiger partial charge on any atom is -0.478 e. The Bertz CT molecular complexity index is 738. The Morgan fingerprint density at radius 1 is 1.24 bits per heavy atom. The first-order chi connectivity index (χ1) is 9.93. The van der Waals surface area contributed by atoms with Gasteiger partial charge in [0.25, 0.3) is 0 Å². The fourth-order valence-electron chi connectivity index (χ4n) is 2.52. The third-order valence-electron chi connectivity index (χ3n) is 3.75. The molecule has 106 valence electrons. The Hall–Kier alpha value is -2.69. The molecule has 1 amide bonds. The van der Waals surface area contributed by atoms with E-state index in [1.165, 1.54) is 12.3 Å². The van der Waals surface area contributed by atoms with Crippen LogP contribution in [-0.4, -0.2) is 22.0 Å². The van der Waals surface area contributed by atoms with Crippen LogP contribution in [0.3, 0.4) is 0 Å². The molecular formula is C16H14N2O3. The number of rotatable bonds is 2. The Labute approximate surface area is 121 Å². The zero-order chi connectivity index (χ0) is 15.2. The second-order valence-electron chi connectivity index (χ2n) is 5.50. The van der Waals surface area contributed by atoms with E-state index in [1.54, 1.807) is 18.7 Å². The van der Waals surface area contributed by atoms with Crippen LogP contribution in [0.25, 0.3) is 0 Å². The number of fused-ring (bicyclic) bond motifs is 1. The monoisotopic (exact) mass is 282 g/mol. The van der Waals surface area contributed by atoms with E-state index in [2.05, 4.69) is 4.98 Å². The number of benzene rings is 1. The van der Waals surface area contributed by atoms with E-state index in [1.807, 2.05) is 30.3 Å². The molecule has 2 heterocycles. The average molecular weight is 282 g/mol. The predicted octanol–water partition coefficient (Wildman–Crippen LogP) is 2.74. The number of carboxylic acid groups (broad SMARTS) is 1. The molecule has 1 N–H and O–H groups in total. The second-order valence-corrected chi connectivity index (χ2v) is 5.50. The molecule has 0 radical (unpaired) electrons. The fourth-order valence-corrected chi connectivity index (χ4v) is 2.52. The Morgan fingerprint density at radius 2 is 1.90 bits per heavy atom. The first-order valence-corrected chi connectivity index (χ1v) is 6.56. The summed E-state index contributed by atoms with van der Waals surface area (Å²) >= 11 is 0. The number of aromatic carboxylic acids is 1. The normalized spacial score (nSPS) is 15.9. The molecule has 0 saturated carbocycles. The van der Waals surface area contributed by atoms with Gasteiger partial charge in [-0.15, -0.1) is 0 Å². The van der Waals surface area contributed by atoms with Gasteiger partial charge in [-0.25, -0.2) is 9.78 Å². The van der Waals surface area contributed by atoms with Crippen molar-refractivity contribution in [3.63, 3.8) is 0 Å². The van der Waals surface area contributed by atoms with Crippen LogP contribution in [0.1, 0.15) is 29.8 Å². The summed E-state index contributed by atoms with van der Waals surface area (Å²) in [6.07, 6.45) is 1.28. The Balaban J connectivity index is 2.21. The molecular weight excluding hydrogens is 268 g/mol. The third-order valence-corrected chi connectivity index (χ3v) is 3.75. The Morgan fingerprint density at radius 3 is 2.52 bits per heavy atom. The maximum absolute atomic E-state index is 12.7. The number of aromatic nitrogens is 1. The van der Waals surface area contributed by atoms with E-state index in [0.717, 1.165) is 5.69 Å². The van der Waals surface area contributed by atoms with Crippen molar-refractivity contribution in [1.82, 2.24) is 4.98 Å². The maximum Gasteiger partial charge on any atom is 0.337 e. The molecule has 0 aliphatic carbocycles. The number of carbonyl (C=O) groups excluding carboxylic acids is 1. The molecule has 2 aromatic rings. The van der Waals surface area contributed by atoms with Gasteiger partial charge in [0.05, 0.1) is 16.7 Å². The van der Waals surface area contributed by atoms with Crippen LogP contribution >= 0.6 is 0 Å². The summed E-state index contributed by atoms with van der Waals surface area (Å²) in [6.45, 7) is 3.56. The predicted molar refractivity (Wildman–Crippen MR) is 77.8 cm³/mol. The van der Waals surface area contributed by atoms with Gasteiger partial charge in [0, 0.05) is 11.8 Å². The standard InChI is InChI=1S/C16H14N2O3/c1-16(2)12-8-10(14(19)20)9-17-13(12)18(15(16)21)11-6-4-3-5-7-11/h3-9H,1-2H3,(H,19,20). The molecule has 5 heteroatoms. The summed E-state index contributed by atoms with van der Waals surface area (Å²) in [5, 5.41) is 9.10. The lowest BCUT2D eigenvalue weighted by molar-refractivity contribution is -0.121. The summed E-state index contributed by atoms with van der Waals surface area (Å²) in [4.78, 5) is 29.6.